The second-order valence-corrected chi connectivity index (χ2v) is 16.2. The summed E-state index contributed by atoms with van der Waals surface area (Å²) >= 11 is 0. The van der Waals surface area contributed by atoms with Gasteiger partial charge in [-0.3, -0.25) is 14.4 Å². The molecule has 1 aromatic rings. The lowest BCUT2D eigenvalue weighted by Gasteiger charge is -2.51. The molecule has 0 aromatic carbocycles. The van der Waals surface area contributed by atoms with Crippen molar-refractivity contribution in [3.63, 3.8) is 0 Å². The van der Waals surface area contributed by atoms with Crippen LogP contribution in [-0.2, 0) is 16.1 Å². The number of rotatable bonds is 7. The summed E-state index contributed by atoms with van der Waals surface area (Å²) in [6.07, 6.45) is 10.7. The van der Waals surface area contributed by atoms with E-state index >= 15 is 0 Å². The van der Waals surface area contributed by atoms with E-state index in [1.165, 1.54) is 36.7 Å². The van der Waals surface area contributed by atoms with Gasteiger partial charge in [-0.15, -0.1) is 0 Å². The van der Waals surface area contributed by atoms with Gasteiger partial charge in [0.25, 0.3) is 11.5 Å². The molecule has 1 unspecified atom stereocenters. The number of aliphatic hydroxyl groups is 1. The molecule has 0 spiro atoms. The highest BCUT2D eigenvalue weighted by Crippen LogP contribution is 2.43. The van der Waals surface area contributed by atoms with Gasteiger partial charge in [-0.25, -0.2) is 4.79 Å². The van der Waals surface area contributed by atoms with Crippen LogP contribution in [0.25, 0.3) is 0 Å². The van der Waals surface area contributed by atoms with Crippen LogP contribution in [0.4, 0.5) is 4.79 Å². The van der Waals surface area contributed by atoms with Crippen LogP contribution in [0.3, 0.4) is 0 Å². The first-order valence-electron chi connectivity index (χ1n) is 17.6. The summed E-state index contributed by atoms with van der Waals surface area (Å²) in [6.45, 7) is 13.9. The largest absolute Gasteiger partial charge is 0.444 e. The Balaban J connectivity index is 1.27. The number of piperidine rings is 1. The van der Waals surface area contributed by atoms with Crippen LogP contribution in [0.5, 0.6) is 0 Å². The number of carbonyl (C=O) groups is 3. The number of likely N-dealkylation sites (tertiary alicyclic amines) is 1. The molecule has 4 aliphatic rings. The van der Waals surface area contributed by atoms with E-state index in [9.17, 15) is 24.3 Å². The number of aromatic nitrogens is 1. The van der Waals surface area contributed by atoms with Gasteiger partial charge in [0.1, 0.15) is 5.60 Å². The topological polar surface area (TPSA) is 112 Å². The average Bonchev–Trinajstić information content (AvgIpc) is 3.84. The van der Waals surface area contributed by atoms with Crippen molar-refractivity contribution >= 4 is 17.9 Å². The quantitative estimate of drug-likeness (QED) is 0.448. The number of amides is 3. The minimum Gasteiger partial charge on any atom is -0.444 e. The van der Waals surface area contributed by atoms with E-state index in [1.54, 1.807) is 22.1 Å². The SMILES string of the molecule is CC(CC1CCCCC1)C(=O)N1CC[C@@](O)(Cn2cc(C(=O)N3CCN(C(=O)OC(C)(C)C)CC3)c(C3CC3)cc2=O)C(C)(C)C1. The van der Waals surface area contributed by atoms with E-state index in [4.69, 9.17) is 4.74 Å². The second-order valence-electron chi connectivity index (χ2n) is 16.2. The summed E-state index contributed by atoms with van der Waals surface area (Å²) in [5.74, 6) is 0.777. The average molecular weight is 641 g/mol. The summed E-state index contributed by atoms with van der Waals surface area (Å²) in [7, 11) is 0. The lowest BCUT2D eigenvalue weighted by Crippen LogP contribution is -2.61. The van der Waals surface area contributed by atoms with Crippen molar-refractivity contribution < 1.29 is 24.2 Å². The fourth-order valence-electron chi connectivity index (χ4n) is 7.67. The van der Waals surface area contributed by atoms with Crippen LogP contribution >= 0.6 is 0 Å². The van der Waals surface area contributed by atoms with Crippen LogP contribution in [0.2, 0.25) is 0 Å². The van der Waals surface area contributed by atoms with E-state index in [-0.39, 0.29) is 41.8 Å². The first kappa shape index (κ1) is 34.5. The predicted molar refractivity (Wildman–Crippen MR) is 177 cm³/mol. The number of hydrogen-bond acceptors (Lipinski definition) is 6. The van der Waals surface area contributed by atoms with Crippen LogP contribution in [0.15, 0.2) is 17.1 Å². The van der Waals surface area contributed by atoms with E-state index in [0.29, 0.717) is 57.2 Å². The Morgan fingerprint density at radius 1 is 0.957 bits per heavy atom. The highest BCUT2D eigenvalue weighted by molar-refractivity contribution is 5.96. The molecule has 2 aliphatic carbocycles. The van der Waals surface area contributed by atoms with E-state index in [1.807, 2.05) is 46.4 Å². The van der Waals surface area contributed by atoms with Crippen LogP contribution in [0, 0.1) is 17.3 Å². The number of piperazine rings is 1. The van der Waals surface area contributed by atoms with Gasteiger partial charge in [0.05, 0.1) is 17.7 Å². The van der Waals surface area contributed by atoms with Crippen molar-refractivity contribution in [1.82, 2.24) is 19.3 Å². The fraction of sp³-hybridized carbons (Fsp3) is 0.778. The van der Waals surface area contributed by atoms with Gasteiger partial charge >= 0.3 is 6.09 Å². The molecule has 3 heterocycles. The molecule has 10 nitrogen and oxygen atoms in total. The molecule has 1 aromatic heterocycles. The maximum Gasteiger partial charge on any atom is 0.410 e. The van der Waals surface area contributed by atoms with Crippen molar-refractivity contribution in [2.45, 2.75) is 123 Å². The van der Waals surface area contributed by atoms with Crippen molar-refractivity contribution in [2.24, 2.45) is 17.3 Å². The van der Waals surface area contributed by atoms with Gasteiger partial charge in [-0.1, -0.05) is 52.9 Å². The Bertz CT molecular complexity index is 1350. The van der Waals surface area contributed by atoms with Gasteiger partial charge in [-0.2, -0.15) is 0 Å². The molecule has 2 aliphatic heterocycles. The first-order valence-corrected chi connectivity index (χ1v) is 17.6. The monoisotopic (exact) mass is 640 g/mol. The third kappa shape index (κ3) is 7.80. The summed E-state index contributed by atoms with van der Waals surface area (Å²) < 4.78 is 7.01. The standard InChI is InChI=1S/C36H56N4O6/c1-25(20-26-10-8-7-9-11-26)31(42)39-15-14-36(45,35(5,6)23-39)24-40-22-29(28(21-30(40)41)27-12-13-27)32(43)37-16-18-38(19-17-37)33(44)46-34(2,3)4/h21-22,25-27,45H,7-20,23-24H2,1-6H3/t25?,36-/m1/s1. The van der Waals surface area contributed by atoms with Crippen molar-refractivity contribution in [3.05, 3.63) is 33.7 Å². The highest BCUT2D eigenvalue weighted by Gasteiger charge is 2.49. The number of carbonyl (C=O) groups excluding carboxylic acids is 3. The molecular weight excluding hydrogens is 584 g/mol. The van der Waals surface area contributed by atoms with Crippen LogP contribution < -0.4 is 5.56 Å². The summed E-state index contributed by atoms with van der Waals surface area (Å²) in [6, 6.07) is 1.59. The molecule has 2 saturated carbocycles. The minimum atomic E-state index is -1.24. The smallest absolute Gasteiger partial charge is 0.410 e. The maximum absolute atomic E-state index is 13.9. The second kappa shape index (κ2) is 13.3. The van der Waals surface area contributed by atoms with Gasteiger partial charge in [0.2, 0.25) is 5.91 Å². The zero-order chi connectivity index (χ0) is 33.4. The minimum absolute atomic E-state index is 0.0396. The van der Waals surface area contributed by atoms with Crippen molar-refractivity contribution in [1.29, 1.82) is 0 Å². The molecule has 5 rings (SSSR count). The first-order chi connectivity index (χ1) is 21.6. The molecule has 4 fully saturated rings. The molecule has 3 amide bonds. The van der Waals surface area contributed by atoms with E-state index in [0.717, 1.165) is 24.8 Å². The molecule has 0 bridgehead atoms. The molecule has 2 saturated heterocycles. The van der Waals surface area contributed by atoms with Gasteiger partial charge in [0, 0.05) is 62.9 Å². The number of pyridine rings is 1. The van der Waals surface area contributed by atoms with Crippen molar-refractivity contribution in [3.8, 4) is 0 Å². The highest BCUT2D eigenvalue weighted by atomic mass is 16.6. The zero-order valence-corrected chi connectivity index (χ0v) is 29.0. The summed E-state index contributed by atoms with van der Waals surface area (Å²) in [5.41, 5.74) is -1.44. The lowest BCUT2D eigenvalue weighted by molar-refractivity contribution is -0.157. The number of hydrogen-bond donors (Lipinski definition) is 1. The fourth-order valence-corrected chi connectivity index (χ4v) is 7.67. The molecular formula is C36H56N4O6. The van der Waals surface area contributed by atoms with E-state index in [2.05, 4.69) is 0 Å². The maximum atomic E-state index is 13.9. The number of nitrogens with zero attached hydrogens (tertiary/aromatic N) is 4. The lowest BCUT2D eigenvalue weighted by atomic mass is 9.69. The number of ether oxygens (including phenoxy) is 1. The Labute approximate surface area is 274 Å². The summed E-state index contributed by atoms with van der Waals surface area (Å²) in [4.78, 5) is 58.7. The van der Waals surface area contributed by atoms with Crippen LogP contribution in [0.1, 0.15) is 121 Å². The third-order valence-electron chi connectivity index (χ3n) is 10.8. The van der Waals surface area contributed by atoms with Gasteiger partial charge < -0.3 is 29.1 Å². The molecule has 1 N–H and O–H groups in total. The molecule has 256 valence electrons. The normalized spacial score (nSPS) is 24.9. The van der Waals surface area contributed by atoms with E-state index < -0.39 is 16.6 Å². The zero-order valence-electron chi connectivity index (χ0n) is 29.0. The molecule has 46 heavy (non-hydrogen) atoms. The predicted octanol–water partition coefficient (Wildman–Crippen LogP) is 5.01. The molecule has 2 atom stereocenters. The summed E-state index contributed by atoms with van der Waals surface area (Å²) in [5, 5.41) is 12.1. The van der Waals surface area contributed by atoms with Crippen molar-refractivity contribution in [2.75, 3.05) is 39.3 Å². The molecule has 0 radical (unpaired) electrons. The Morgan fingerprint density at radius 3 is 2.17 bits per heavy atom. The van der Waals surface area contributed by atoms with Gasteiger partial charge in [0.15, 0.2) is 0 Å². The Hall–Kier alpha value is -2.88. The van der Waals surface area contributed by atoms with Gasteiger partial charge in [-0.05, 0) is 63.9 Å². The Kier molecular flexibility index (Phi) is 9.98. The Morgan fingerprint density at radius 2 is 1.59 bits per heavy atom. The van der Waals surface area contributed by atoms with Crippen LogP contribution in [-0.4, -0.2) is 92.8 Å². The molecule has 10 heteroatoms. The third-order valence-corrected chi connectivity index (χ3v) is 10.8.